The molecule has 0 spiro atoms. The average Bonchev–Trinajstić information content (AvgIpc) is 3.17. The molecule has 166 valence electrons. The summed E-state index contributed by atoms with van der Waals surface area (Å²) in [6.07, 6.45) is 11.2. The molecule has 8 heteroatoms. The molecule has 1 atom stereocenters. The Morgan fingerprint density at radius 3 is 2.65 bits per heavy atom. The number of imidazole rings is 1. The van der Waals surface area contributed by atoms with Gasteiger partial charge in [-0.3, -0.25) is 0 Å². The van der Waals surface area contributed by atoms with Gasteiger partial charge in [0.15, 0.2) is 11.5 Å². The minimum absolute atomic E-state index is 0.0861. The lowest BCUT2D eigenvalue weighted by molar-refractivity contribution is 0.167. The fraction of sp³-hybridized carbons (Fsp3) is 0.565. The summed E-state index contributed by atoms with van der Waals surface area (Å²) in [4.78, 5) is 15.9. The Bertz CT molecular complexity index is 1030. The van der Waals surface area contributed by atoms with Gasteiger partial charge in [-0.05, 0) is 50.2 Å². The van der Waals surface area contributed by atoms with Gasteiger partial charge in [0.1, 0.15) is 11.9 Å². The quantitative estimate of drug-likeness (QED) is 0.586. The first kappa shape index (κ1) is 21.3. The van der Waals surface area contributed by atoms with Gasteiger partial charge in [0.05, 0.1) is 11.9 Å². The Morgan fingerprint density at radius 1 is 1.13 bits per heavy atom. The van der Waals surface area contributed by atoms with Crippen LogP contribution >= 0.6 is 0 Å². The lowest BCUT2D eigenvalue weighted by Gasteiger charge is -2.29. The first-order valence-electron chi connectivity index (χ1n) is 11.5. The summed E-state index contributed by atoms with van der Waals surface area (Å²) in [6.45, 7) is 8.57. The third-order valence-electron chi connectivity index (χ3n) is 5.93. The van der Waals surface area contributed by atoms with Crippen molar-refractivity contribution >= 4 is 17.3 Å². The van der Waals surface area contributed by atoms with Gasteiger partial charge in [0.25, 0.3) is 0 Å². The van der Waals surface area contributed by atoms with Gasteiger partial charge >= 0.3 is 6.01 Å². The maximum atomic E-state index is 6.15. The molecule has 1 aliphatic heterocycles. The first-order valence-corrected chi connectivity index (χ1v) is 11.5. The van der Waals surface area contributed by atoms with Crippen molar-refractivity contribution in [2.45, 2.75) is 71.8 Å². The Labute approximate surface area is 183 Å². The van der Waals surface area contributed by atoms with Crippen LogP contribution in [0.4, 0.5) is 11.6 Å². The highest BCUT2D eigenvalue weighted by atomic mass is 16.5. The van der Waals surface area contributed by atoms with Crippen LogP contribution in [-0.2, 0) is 6.42 Å². The predicted molar refractivity (Wildman–Crippen MR) is 123 cm³/mol. The standard InChI is InChI=1S/C23H33N7O/c1-4-9-19(5-2)31-23-27-20(24)22-26-15-18(30(22)28-23)13-17-12-16(3)21(25-14-17)29-10-7-6-8-11-29/h12,14-15,19H,4-11,13H2,1-3H3,(H2,24,27,28)/t19-/m1/s1. The van der Waals surface area contributed by atoms with Gasteiger partial charge in [-0.2, -0.15) is 4.98 Å². The number of piperidine rings is 1. The number of nitrogens with two attached hydrogens (primary N) is 1. The molecule has 4 rings (SSSR count). The molecule has 2 N–H and O–H groups in total. The number of hydrogen-bond acceptors (Lipinski definition) is 7. The van der Waals surface area contributed by atoms with Gasteiger partial charge < -0.3 is 15.4 Å². The second-order valence-corrected chi connectivity index (χ2v) is 8.41. The molecule has 0 aliphatic carbocycles. The second-order valence-electron chi connectivity index (χ2n) is 8.41. The molecule has 4 heterocycles. The van der Waals surface area contributed by atoms with Crippen molar-refractivity contribution in [1.82, 2.24) is 24.6 Å². The molecule has 1 saturated heterocycles. The lowest BCUT2D eigenvalue weighted by Crippen LogP contribution is -2.30. The summed E-state index contributed by atoms with van der Waals surface area (Å²) in [5.41, 5.74) is 9.97. The summed E-state index contributed by atoms with van der Waals surface area (Å²) in [5, 5.41) is 4.59. The van der Waals surface area contributed by atoms with Gasteiger partial charge in [0.2, 0.25) is 0 Å². The second kappa shape index (κ2) is 9.49. The number of aryl methyl sites for hydroxylation is 1. The van der Waals surface area contributed by atoms with Crippen LogP contribution in [0.5, 0.6) is 6.01 Å². The molecule has 3 aromatic rings. The minimum Gasteiger partial charge on any atom is -0.459 e. The van der Waals surface area contributed by atoms with E-state index in [1.165, 1.54) is 24.8 Å². The van der Waals surface area contributed by atoms with Crippen LogP contribution in [0.25, 0.3) is 5.65 Å². The summed E-state index contributed by atoms with van der Waals surface area (Å²) in [7, 11) is 0. The van der Waals surface area contributed by atoms with E-state index in [0.29, 0.717) is 23.9 Å². The van der Waals surface area contributed by atoms with E-state index < -0.39 is 0 Å². The minimum atomic E-state index is 0.0861. The van der Waals surface area contributed by atoms with E-state index in [1.807, 2.05) is 6.20 Å². The zero-order chi connectivity index (χ0) is 21.8. The number of aromatic nitrogens is 5. The van der Waals surface area contributed by atoms with Crippen molar-refractivity contribution < 1.29 is 4.74 Å². The molecule has 0 radical (unpaired) electrons. The molecule has 0 bridgehead atoms. The molecule has 1 fully saturated rings. The SMILES string of the molecule is CCC[C@@H](CC)Oc1nc(N)c2ncc(Cc3cnc(N4CCCCC4)c(C)c3)n2n1. The van der Waals surface area contributed by atoms with Crippen molar-refractivity contribution in [3.05, 3.63) is 35.3 Å². The molecule has 0 aromatic carbocycles. The van der Waals surface area contributed by atoms with Crippen molar-refractivity contribution in [3.8, 4) is 6.01 Å². The summed E-state index contributed by atoms with van der Waals surface area (Å²) < 4.78 is 7.76. The summed E-state index contributed by atoms with van der Waals surface area (Å²) >= 11 is 0. The normalized spacial score (nSPS) is 15.4. The molecule has 1 aliphatic rings. The topological polar surface area (TPSA) is 94.5 Å². The third-order valence-corrected chi connectivity index (χ3v) is 5.93. The number of ether oxygens (including phenoxy) is 1. The van der Waals surface area contributed by atoms with Crippen LogP contribution in [0.1, 0.15) is 69.2 Å². The van der Waals surface area contributed by atoms with E-state index in [1.54, 1.807) is 10.7 Å². The zero-order valence-corrected chi connectivity index (χ0v) is 18.8. The first-order chi connectivity index (χ1) is 15.1. The largest absolute Gasteiger partial charge is 0.459 e. The lowest BCUT2D eigenvalue weighted by atomic mass is 10.1. The van der Waals surface area contributed by atoms with E-state index in [2.05, 4.69) is 46.8 Å². The number of nitrogens with zero attached hydrogens (tertiary/aromatic N) is 6. The van der Waals surface area contributed by atoms with Crippen LogP contribution in [0, 0.1) is 6.92 Å². The molecule has 0 amide bonds. The molecular formula is C23H33N7O. The summed E-state index contributed by atoms with van der Waals surface area (Å²) in [5.74, 6) is 1.43. The highest BCUT2D eigenvalue weighted by Gasteiger charge is 2.17. The number of fused-ring (bicyclic) bond motifs is 1. The highest BCUT2D eigenvalue weighted by molar-refractivity contribution is 5.60. The number of nitrogen functional groups attached to an aromatic ring is 1. The Morgan fingerprint density at radius 2 is 1.94 bits per heavy atom. The third kappa shape index (κ3) is 4.73. The van der Waals surface area contributed by atoms with Crippen LogP contribution in [0.3, 0.4) is 0 Å². The molecule has 0 saturated carbocycles. The van der Waals surface area contributed by atoms with Gasteiger partial charge in [-0.15, -0.1) is 5.10 Å². The Hall–Kier alpha value is -2.90. The van der Waals surface area contributed by atoms with Crippen molar-refractivity contribution in [3.63, 3.8) is 0 Å². The number of hydrogen-bond donors (Lipinski definition) is 1. The van der Waals surface area contributed by atoms with Crippen molar-refractivity contribution in [2.24, 2.45) is 0 Å². The maximum absolute atomic E-state index is 6.15. The van der Waals surface area contributed by atoms with Crippen LogP contribution in [0.2, 0.25) is 0 Å². The van der Waals surface area contributed by atoms with Crippen molar-refractivity contribution in [2.75, 3.05) is 23.7 Å². The number of anilines is 2. The van der Waals surface area contributed by atoms with E-state index in [0.717, 1.165) is 49.4 Å². The maximum Gasteiger partial charge on any atom is 0.336 e. The summed E-state index contributed by atoms with van der Waals surface area (Å²) in [6, 6.07) is 2.52. The van der Waals surface area contributed by atoms with E-state index in [9.17, 15) is 0 Å². The number of rotatable bonds is 8. The Balaban J connectivity index is 1.57. The molecule has 8 nitrogen and oxygen atoms in total. The molecule has 0 unspecified atom stereocenters. The average molecular weight is 424 g/mol. The van der Waals surface area contributed by atoms with E-state index >= 15 is 0 Å². The van der Waals surface area contributed by atoms with E-state index in [4.69, 9.17) is 15.5 Å². The predicted octanol–water partition coefficient (Wildman–Crippen LogP) is 3.95. The van der Waals surface area contributed by atoms with Gasteiger partial charge in [0, 0.05) is 25.7 Å². The van der Waals surface area contributed by atoms with Gasteiger partial charge in [-0.1, -0.05) is 26.3 Å². The van der Waals surface area contributed by atoms with E-state index in [-0.39, 0.29) is 6.10 Å². The highest BCUT2D eigenvalue weighted by Crippen LogP contribution is 2.24. The van der Waals surface area contributed by atoms with Crippen LogP contribution in [0.15, 0.2) is 18.5 Å². The monoisotopic (exact) mass is 423 g/mol. The van der Waals surface area contributed by atoms with Crippen molar-refractivity contribution in [1.29, 1.82) is 0 Å². The molecule has 3 aromatic heterocycles. The van der Waals surface area contributed by atoms with Crippen LogP contribution in [-0.4, -0.2) is 43.8 Å². The number of pyridine rings is 1. The fourth-order valence-electron chi connectivity index (χ4n) is 4.28. The van der Waals surface area contributed by atoms with Gasteiger partial charge in [-0.25, -0.2) is 14.5 Å². The Kier molecular flexibility index (Phi) is 6.53. The smallest absolute Gasteiger partial charge is 0.336 e. The molecule has 31 heavy (non-hydrogen) atoms. The molecular weight excluding hydrogens is 390 g/mol. The fourth-order valence-corrected chi connectivity index (χ4v) is 4.28. The van der Waals surface area contributed by atoms with Crippen LogP contribution < -0.4 is 15.4 Å². The zero-order valence-electron chi connectivity index (χ0n) is 18.8.